The smallest absolute Gasteiger partial charge is 0.315 e. The fourth-order valence-electron chi connectivity index (χ4n) is 0.577. The number of aliphatic hydroxyl groups is 1. The molecule has 0 aromatic heterocycles. The zero-order chi connectivity index (χ0) is 8.69. The summed E-state index contributed by atoms with van der Waals surface area (Å²) < 4.78 is 10.1. The lowest BCUT2D eigenvalue weighted by molar-refractivity contribution is 0.00930. The van der Waals surface area contributed by atoms with Crippen molar-refractivity contribution >= 4 is 9.28 Å². The Bertz CT molecular complexity index is 88.7. The van der Waals surface area contributed by atoms with Gasteiger partial charge in [0.05, 0.1) is 25.9 Å². The van der Waals surface area contributed by atoms with Crippen LogP contribution in [0.2, 0.25) is 6.55 Å². The maximum atomic E-state index is 8.84. The van der Waals surface area contributed by atoms with E-state index in [0.717, 1.165) is 0 Å². The van der Waals surface area contributed by atoms with Gasteiger partial charge in [-0.1, -0.05) is 0 Å². The summed E-state index contributed by atoms with van der Waals surface area (Å²) in [6.45, 7) is 4.28. The Labute approximate surface area is 68.6 Å². The van der Waals surface area contributed by atoms with E-state index < -0.39 is 9.28 Å². The van der Waals surface area contributed by atoms with E-state index >= 15 is 0 Å². The quantitative estimate of drug-likeness (QED) is 0.528. The van der Waals surface area contributed by atoms with E-state index in [2.05, 4.69) is 0 Å². The lowest BCUT2D eigenvalue weighted by Gasteiger charge is -2.13. The van der Waals surface area contributed by atoms with Crippen LogP contribution in [0.4, 0.5) is 0 Å². The second kappa shape index (κ2) is 6.75. The topological polar surface area (TPSA) is 58.9 Å². The zero-order valence-electron chi connectivity index (χ0n) is 6.99. The van der Waals surface area contributed by atoms with Crippen LogP contribution in [-0.2, 0) is 9.16 Å². The van der Waals surface area contributed by atoms with Gasteiger partial charge in [0.15, 0.2) is 0 Å². The Morgan fingerprint density at radius 3 is 2.64 bits per heavy atom. The van der Waals surface area contributed by atoms with Gasteiger partial charge in [-0.2, -0.15) is 0 Å². The van der Waals surface area contributed by atoms with E-state index in [0.29, 0.717) is 13.2 Å². The van der Waals surface area contributed by atoms with Gasteiger partial charge in [-0.15, -0.1) is 0 Å². The third-order valence-corrected chi connectivity index (χ3v) is 1.74. The number of rotatable bonds is 6. The molecular formula is C6H16O4Si. The van der Waals surface area contributed by atoms with Crippen molar-refractivity contribution in [2.24, 2.45) is 0 Å². The molecule has 0 rings (SSSR count). The molecule has 0 saturated heterocycles. The second-order valence-electron chi connectivity index (χ2n) is 2.34. The Morgan fingerprint density at radius 2 is 2.18 bits per heavy atom. The third-order valence-electron chi connectivity index (χ3n) is 1.07. The summed E-state index contributed by atoms with van der Waals surface area (Å²) >= 11 is 0. The summed E-state index contributed by atoms with van der Waals surface area (Å²) in [5, 5.41) is 8.39. The lowest BCUT2D eigenvalue weighted by atomic mass is 10.4. The minimum atomic E-state index is -1.90. The average molecular weight is 180 g/mol. The van der Waals surface area contributed by atoms with Crippen molar-refractivity contribution in [2.75, 3.05) is 19.8 Å². The zero-order valence-corrected chi connectivity index (χ0v) is 8.14. The molecule has 0 aromatic carbocycles. The van der Waals surface area contributed by atoms with Crippen LogP contribution >= 0.6 is 0 Å². The monoisotopic (exact) mass is 180 g/mol. The van der Waals surface area contributed by atoms with Crippen molar-refractivity contribution in [3.05, 3.63) is 0 Å². The van der Waals surface area contributed by atoms with E-state index in [9.17, 15) is 0 Å². The van der Waals surface area contributed by atoms with Gasteiger partial charge in [0.1, 0.15) is 0 Å². The first kappa shape index (κ1) is 11.1. The minimum absolute atomic E-state index is 0.0243. The highest BCUT2D eigenvalue weighted by molar-refractivity contribution is 6.40. The van der Waals surface area contributed by atoms with E-state index in [4.69, 9.17) is 19.1 Å². The molecule has 0 fully saturated rings. The number of aliphatic hydroxyl groups excluding tert-OH is 1. The molecule has 0 aliphatic heterocycles. The fourth-order valence-corrected chi connectivity index (χ4v) is 1.13. The highest BCUT2D eigenvalue weighted by atomic mass is 28.3. The molecule has 0 saturated carbocycles. The molecule has 68 valence electrons. The summed E-state index contributed by atoms with van der Waals surface area (Å²) in [5.74, 6) is 0. The summed E-state index contributed by atoms with van der Waals surface area (Å²) in [6, 6.07) is 0. The van der Waals surface area contributed by atoms with Crippen molar-refractivity contribution in [3.8, 4) is 0 Å². The van der Waals surface area contributed by atoms with Crippen molar-refractivity contribution in [3.63, 3.8) is 0 Å². The van der Waals surface area contributed by atoms with Crippen LogP contribution in [-0.4, -0.2) is 45.1 Å². The van der Waals surface area contributed by atoms with E-state index in [1.54, 1.807) is 6.55 Å². The predicted molar refractivity (Wildman–Crippen MR) is 43.7 cm³/mol. The van der Waals surface area contributed by atoms with Crippen LogP contribution in [0.15, 0.2) is 0 Å². The SMILES string of the molecule is CC(CO[SiH](C)O)OCCO. The Morgan fingerprint density at radius 1 is 1.55 bits per heavy atom. The van der Waals surface area contributed by atoms with Gasteiger partial charge in [-0.05, 0) is 13.5 Å². The molecule has 0 spiro atoms. The Hall–Kier alpha value is 0.0569. The minimum Gasteiger partial charge on any atom is -0.413 e. The van der Waals surface area contributed by atoms with E-state index in [1.807, 2.05) is 6.92 Å². The van der Waals surface area contributed by atoms with Crippen LogP contribution in [0.1, 0.15) is 6.92 Å². The largest absolute Gasteiger partial charge is 0.413 e. The number of hydrogen-bond acceptors (Lipinski definition) is 4. The van der Waals surface area contributed by atoms with Gasteiger partial charge >= 0.3 is 9.28 Å². The number of hydrogen-bond donors (Lipinski definition) is 2. The second-order valence-corrected chi connectivity index (χ2v) is 3.87. The van der Waals surface area contributed by atoms with Gasteiger partial charge in [0.2, 0.25) is 0 Å². The molecule has 2 N–H and O–H groups in total. The first-order valence-electron chi connectivity index (χ1n) is 3.69. The van der Waals surface area contributed by atoms with Gasteiger partial charge < -0.3 is 19.1 Å². The Kier molecular flexibility index (Phi) is 6.78. The molecule has 11 heavy (non-hydrogen) atoms. The molecule has 0 heterocycles. The van der Waals surface area contributed by atoms with Crippen LogP contribution in [0.5, 0.6) is 0 Å². The van der Waals surface area contributed by atoms with Crippen LogP contribution in [0.25, 0.3) is 0 Å². The molecule has 0 radical (unpaired) electrons. The van der Waals surface area contributed by atoms with Crippen LogP contribution < -0.4 is 0 Å². The van der Waals surface area contributed by atoms with Gasteiger partial charge in [-0.25, -0.2) is 0 Å². The summed E-state index contributed by atoms with van der Waals surface area (Å²) in [4.78, 5) is 8.84. The van der Waals surface area contributed by atoms with Crippen molar-refractivity contribution in [1.82, 2.24) is 0 Å². The summed E-state index contributed by atoms with van der Waals surface area (Å²) in [7, 11) is -1.90. The van der Waals surface area contributed by atoms with E-state index in [-0.39, 0.29) is 12.7 Å². The van der Waals surface area contributed by atoms with Crippen LogP contribution in [0, 0.1) is 0 Å². The molecule has 0 aromatic rings. The molecule has 4 nitrogen and oxygen atoms in total. The van der Waals surface area contributed by atoms with E-state index in [1.165, 1.54) is 0 Å². The molecular weight excluding hydrogens is 164 g/mol. The van der Waals surface area contributed by atoms with Gasteiger partial charge in [0.25, 0.3) is 0 Å². The first-order valence-corrected chi connectivity index (χ1v) is 5.83. The van der Waals surface area contributed by atoms with Gasteiger partial charge in [0, 0.05) is 0 Å². The summed E-state index contributed by atoms with van der Waals surface area (Å²) in [6.07, 6.45) is -0.0516. The summed E-state index contributed by atoms with van der Waals surface area (Å²) in [5.41, 5.74) is 0. The molecule has 0 amide bonds. The van der Waals surface area contributed by atoms with Crippen LogP contribution in [0.3, 0.4) is 0 Å². The Balaban J connectivity index is 3.15. The lowest BCUT2D eigenvalue weighted by Crippen LogP contribution is -2.23. The molecule has 5 heteroatoms. The average Bonchev–Trinajstić information content (AvgIpc) is 1.97. The maximum absolute atomic E-state index is 8.84. The van der Waals surface area contributed by atoms with Gasteiger partial charge in [-0.3, -0.25) is 0 Å². The van der Waals surface area contributed by atoms with Crippen molar-refractivity contribution < 1.29 is 19.1 Å². The van der Waals surface area contributed by atoms with Crippen molar-refractivity contribution in [1.29, 1.82) is 0 Å². The highest BCUT2D eigenvalue weighted by Crippen LogP contribution is 1.92. The molecule has 0 aliphatic rings. The fraction of sp³-hybridized carbons (Fsp3) is 1.00. The standard InChI is InChI=1S/C6H16O4Si/c1-6(9-4-3-7)5-10-11(2)8/h6-8,11H,3-5H2,1-2H3. The predicted octanol–water partition coefficient (Wildman–Crippen LogP) is -0.757. The molecule has 2 unspecified atom stereocenters. The molecule has 0 bridgehead atoms. The first-order chi connectivity index (χ1) is 5.16. The third kappa shape index (κ3) is 7.96. The normalized spacial score (nSPS) is 16.4. The van der Waals surface area contributed by atoms with Crippen molar-refractivity contribution in [2.45, 2.75) is 19.6 Å². The highest BCUT2D eigenvalue weighted by Gasteiger charge is 2.04. The molecule has 0 aliphatic carbocycles. The maximum Gasteiger partial charge on any atom is 0.315 e. The number of ether oxygens (including phenoxy) is 1. The molecule has 2 atom stereocenters.